The molecule has 0 saturated carbocycles. The molecule has 0 fully saturated rings. The molecule has 3 aliphatic rings. The van der Waals surface area contributed by atoms with Crippen LogP contribution >= 0.6 is 0 Å². The summed E-state index contributed by atoms with van der Waals surface area (Å²) in [6.45, 7) is 4.68. The third-order valence-electron chi connectivity index (χ3n) is 13.4. The lowest BCUT2D eigenvalue weighted by Crippen LogP contribution is -2.26. The Morgan fingerprint density at radius 1 is 0.404 bits per heavy atom. The second-order valence-electron chi connectivity index (χ2n) is 16.5. The van der Waals surface area contributed by atoms with Crippen LogP contribution in [-0.2, 0) is 10.8 Å². The van der Waals surface area contributed by atoms with E-state index in [2.05, 4.69) is 194 Å². The summed E-state index contributed by atoms with van der Waals surface area (Å²) in [5, 5.41) is 4.82. The Hall–Kier alpha value is -7.10. The van der Waals surface area contributed by atoms with Crippen molar-refractivity contribution in [3.05, 3.63) is 209 Å². The highest BCUT2D eigenvalue weighted by molar-refractivity contribution is 6.13. The van der Waals surface area contributed by atoms with E-state index >= 15 is 0 Å². The van der Waals surface area contributed by atoms with Crippen molar-refractivity contribution in [3.63, 3.8) is 0 Å². The van der Waals surface area contributed by atoms with Crippen LogP contribution in [0.25, 0.3) is 83.3 Å². The molecule has 57 heavy (non-hydrogen) atoms. The first-order valence-corrected chi connectivity index (χ1v) is 19.9. The lowest BCUT2D eigenvalue weighted by molar-refractivity contribution is 0.657. The molecule has 0 N–H and O–H groups in total. The monoisotopic (exact) mass is 725 g/mol. The van der Waals surface area contributed by atoms with Gasteiger partial charge in [-0.3, -0.25) is 4.57 Å². The van der Waals surface area contributed by atoms with Crippen molar-refractivity contribution in [2.45, 2.75) is 24.7 Å². The van der Waals surface area contributed by atoms with Crippen LogP contribution in [0.2, 0.25) is 0 Å². The van der Waals surface area contributed by atoms with Crippen LogP contribution in [0.5, 0.6) is 0 Å². The fraction of sp³-hybridized carbons (Fsp3) is 0.0741. The maximum atomic E-state index is 5.75. The quantitative estimate of drug-likeness (QED) is 0.178. The molecule has 0 aliphatic heterocycles. The molecule has 3 aliphatic carbocycles. The van der Waals surface area contributed by atoms with Crippen molar-refractivity contribution < 1.29 is 0 Å². The lowest BCUT2D eigenvalue weighted by atomic mass is 9.70. The maximum absolute atomic E-state index is 5.75. The first-order chi connectivity index (χ1) is 28.0. The van der Waals surface area contributed by atoms with Gasteiger partial charge in [-0.1, -0.05) is 166 Å². The van der Waals surface area contributed by atoms with Gasteiger partial charge in [-0.25, -0.2) is 9.97 Å². The van der Waals surface area contributed by atoms with Gasteiger partial charge in [0, 0.05) is 32.9 Å². The van der Waals surface area contributed by atoms with Crippen molar-refractivity contribution in [2.75, 3.05) is 0 Å². The number of benzene rings is 8. The second kappa shape index (κ2) is 10.8. The van der Waals surface area contributed by atoms with Gasteiger partial charge in [0.2, 0.25) is 5.95 Å². The van der Waals surface area contributed by atoms with Crippen LogP contribution < -0.4 is 0 Å². The lowest BCUT2D eigenvalue weighted by Gasteiger charge is -2.31. The largest absolute Gasteiger partial charge is 0.278 e. The Morgan fingerprint density at radius 2 is 0.930 bits per heavy atom. The minimum atomic E-state index is -0.444. The van der Waals surface area contributed by atoms with Gasteiger partial charge in [0.05, 0.1) is 27.8 Å². The molecule has 0 bridgehead atoms. The average molecular weight is 726 g/mol. The molecular formula is C54H35N3. The standard InChI is InChI=1S/C54H35N3/c1-53(2)42-22-10-8-21-40(42)51-49(53)50(55-52(56-51)57-47-26-14-9-20-39(47)41-29-32-15-3-4-16-33(32)31-48(41)57)34-27-28-38-37-19-7-13-25-45(37)54(46(38)30-34)43-23-11-5-17-35(43)36-18-6-12-24-44(36)54/h3-31H,1-2H3. The molecule has 13 rings (SSSR count). The SMILES string of the molecule is CC1(C)c2ccccc2-c2nc(-n3c4ccccc4c4cc5ccccc5cc43)nc(-c3ccc4c(c3)C3(c5ccccc5-c5ccccc53)c3ccccc3-4)c21. The van der Waals surface area contributed by atoms with Gasteiger partial charge in [-0.2, -0.15) is 0 Å². The van der Waals surface area contributed by atoms with E-state index in [-0.39, 0.29) is 5.41 Å². The van der Waals surface area contributed by atoms with Crippen molar-refractivity contribution in [2.24, 2.45) is 0 Å². The Kier molecular flexibility index (Phi) is 5.90. The number of aromatic nitrogens is 3. The first-order valence-electron chi connectivity index (χ1n) is 19.9. The minimum absolute atomic E-state index is 0.316. The van der Waals surface area contributed by atoms with Crippen LogP contribution in [-0.4, -0.2) is 14.5 Å². The van der Waals surface area contributed by atoms with Crippen LogP contribution in [0.4, 0.5) is 0 Å². The van der Waals surface area contributed by atoms with E-state index in [0.29, 0.717) is 5.95 Å². The minimum Gasteiger partial charge on any atom is -0.278 e. The molecule has 0 amide bonds. The molecule has 0 saturated heterocycles. The Bertz CT molecular complexity index is 3340. The van der Waals surface area contributed by atoms with Gasteiger partial charge in [0.25, 0.3) is 0 Å². The smallest absolute Gasteiger partial charge is 0.235 e. The predicted molar refractivity (Wildman–Crippen MR) is 233 cm³/mol. The summed E-state index contributed by atoms with van der Waals surface area (Å²) in [5.74, 6) is 0.688. The highest BCUT2D eigenvalue weighted by atomic mass is 15.2. The van der Waals surface area contributed by atoms with Crippen molar-refractivity contribution in [1.29, 1.82) is 0 Å². The van der Waals surface area contributed by atoms with Gasteiger partial charge < -0.3 is 0 Å². The molecular weight excluding hydrogens is 691 g/mol. The molecule has 3 heteroatoms. The molecule has 8 aromatic carbocycles. The van der Waals surface area contributed by atoms with Gasteiger partial charge in [0.15, 0.2) is 0 Å². The predicted octanol–water partition coefficient (Wildman–Crippen LogP) is 13.0. The zero-order chi connectivity index (χ0) is 37.6. The number of para-hydroxylation sites is 1. The zero-order valence-electron chi connectivity index (χ0n) is 31.6. The van der Waals surface area contributed by atoms with Crippen LogP contribution in [0.15, 0.2) is 176 Å². The van der Waals surface area contributed by atoms with Gasteiger partial charge in [-0.15, -0.1) is 0 Å². The van der Waals surface area contributed by atoms with E-state index in [4.69, 9.17) is 9.97 Å². The number of nitrogens with zero attached hydrogens (tertiary/aromatic N) is 3. The van der Waals surface area contributed by atoms with Crippen molar-refractivity contribution in [1.82, 2.24) is 14.5 Å². The zero-order valence-corrected chi connectivity index (χ0v) is 31.6. The Balaban J connectivity index is 1.14. The van der Waals surface area contributed by atoms with Crippen LogP contribution in [0, 0.1) is 0 Å². The fourth-order valence-corrected chi connectivity index (χ4v) is 11.0. The van der Waals surface area contributed by atoms with Crippen molar-refractivity contribution >= 4 is 32.6 Å². The summed E-state index contributed by atoms with van der Waals surface area (Å²) in [4.78, 5) is 11.3. The topological polar surface area (TPSA) is 30.7 Å². The summed E-state index contributed by atoms with van der Waals surface area (Å²) >= 11 is 0. The molecule has 0 atom stereocenters. The normalized spacial score (nSPS) is 14.8. The maximum Gasteiger partial charge on any atom is 0.235 e. The Morgan fingerprint density at radius 3 is 1.61 bits per heavy atom. The molecule has 0 radical (unpaired) electrons. The molecule has 3 nitrogen and oxygen atoms in total. The summed E-state index contributed by atoms with van der Waals surface area (Å²) in [7, 11) is 0. The average Bonchev–Trinajstić information content (AvgIpc) is 3.92. The van der Waals surface area contributed by atoms with Gasteiger partial charge in [-0.05, 0) is 85.1 Å². The number of rotatable bonds is 2. The molecule has 10 aromatic rings. The van der Waals surface area contributed by atoms with E-state index < -0.39 is 5.41 Å². The van der Waals surface area contributed by atoms with E-state index in [1.165, 1.54) is 82.7 Å². The summed E-state index contributed by atoms with van der Waals surface area (Å²) in [6, 6.07) is 65.0. The molecule has 266 valence electrons. The molecule has 0 unspecified atom stereocenters. The third kappa shape index (κ3) is 3.82. The second-order valence-corrected chi connectivity index (χ2v) is 16.5. The summed E-state index contributed by atoms with van der Waals surface area (Å²) in [5.41, 5.74) is 18.7. The molecule has 2 heterocycles. The number of hydrogen-bond donors (Lipinski definition) is 0. The summed E-state index contributed by atoms with van der Waals surface area (Å²) < 4.78 is 2.29. The number of hydrogen-bond acceptors (Lipinski definition) is 2. The van der Waals surface area contributed by atoms with E-state index in [0.717, 1.165) is 28.0 Å². The third-order valence-corrected chi connectivity index (χ3v) is 13.4. The number of fused-ring (bicyclic) bond motifs is 17. The van der Waals surface area contributed by atoms with Crippen LogP contribution in [0.1, 0.15) is 47.2 Å². The van der Waals surface area contributed by atoms with Gasteiger partial charge >= 0.3 is 0 Å². The summed E-state index contributed by atoms with van der Waals surface area (Å²) in [6.07, 6.45) is 0. The fourth-order valence-electron chi connectivity index (χ4n) is 11.0. The van der Waals surface area contributed by atoms with Gasteiger partial charge in [0.1, 0.15) is 0 Å². The molecule has 2 aromatic heterocycles. The van der Waals surface area contributed by atoms with Crippen LogP contribution in [0.3, 0.4) is 0 Å². The first kappa shape index (κ1) is 31.1. The van der Waals surface area contributed by atoms with E-state index in [1.807, 2.05) is 0 Å². The highest BCUT2D eigenvalue weighted by Crippen LogP contribution is 2.63. The molecule has 1 spiro atoms. The Labute approximate surface area is 330 Å². The van der Waals surface area contributed by atoms with Crippen molar-refractivity contribution in [3.8, 4) is 50.7 Å². The van der Waals surface area contributed by atoms with E-state index in [9.17, 15) is 0 Å². The van der Waals surface area contributed by atoms with E-state index in [1.54, 1.807) is 0 Å². The highest BCUT2D eigenvalue weighted by Gasteiger charge is 2.52.